The molecule has 0 atom stereocenters. The van der Waals surface area contributed by atoms with Gasteiger partial charge in [0.05, 0.1) is 0 Å². The molecular formula is C8H10O4. The van der Waals surface area contributed by atoms with Crippen molar-refractivity contribution in [1.82, 2.24) is 0 Å². The van der Waals surface area contributed by atoms with Crippen molar-refractivity contribution in [2.75, 3.05) is 0 Å². The van der Waals surface area contributed by atoms with Crippen LogP contribution < -0.4 is 0 Å². The second-order valence-corrected chi connectivity index (χ2v) is 2.29. The van der Waals surface area contributed by atoms with E-state index in [0.717, 1.165) is 6.08 Å². The highest BCUT2D eigenvalue weighted by molar-refractivity contribution is 5.80. The molecule has 1 heterocycles. The molecule has 0 spiro atoms. The first-order valence-corrected chi connectivity index (χ1v) is 3.57. The number of aliphatic carboxylic acids is 1. The normalized spacial score (nSPS) is 29.4. The number of ether oxygens (including phenoxy) is 2. The highest BCUT2D eigenvalue weighted by Gasteiger charge is 2.23. The highest BCUT2D eigenvalue weighted by Crippen LogP contribution is 2.16. The number of allylic oxidation sites excluding steroid dienone is 2. The summed E-state index contributed by atoms with van der Waals surface area (Å²) >= 11 is 0. The maximum Gasteiger partial charge on any atom is 0.328 e. The summed E-state index contributed by atoms with van der Waals surface area (Å²) < 4.78 is 10.1. The molecule has 0 aromatic heterocycles. The topological polar surface area (TPSA) is 55.8 Å². The van der Waals surface area contributed by atoms with Crippen molar-refractivity contribution in [3.05, 3.63) is 24.3 Å². The summed E-state index contributed by atoms with van der Waals surface area (Å²) in [5, 5.41) is 8.21. The van der Waals surface area contributed by atoms with Crippen molar-refractivity contribution in [3.63, 3.8) is 0 Å². The van der Waals surface area contributed by atoms with Gasteiger partial charge in [-0.2, -0.15) is 0 Å². The van der Waals surface area contributed by atoms with Crippen LogP contribution in [0.1, 0.15) is 6.92 Å². The van der Waals surface area contributed by atoms with Gasteiger partial charge in [0, 0.05) is 6.08 Å². The lowest BCUT2D eigenvalue weighted by Gasteiger charge is -2.31. The van der Waals surface area contributed by atoms with E-state index in [1.54, 1.807) is 19.1 Å². The van der Waals surface area contributed by atoms with E-state index in [2.05, 4.69) is 0 Å². The first-order chi connectivity index (χ1) is 5.68. The van der Waals surface area contributed by atoms with Gasteiger partial charge in [-0.25, -0.2) is 4.79 Å². The Hall–Kier alpha value is -1.13. The Morgan fingerprint density at radius 1 is 1.42 bits per heavy atom. The van der Waals surface area contributed by atoms with Gasteiger partial charge in [0.2, 0.25) is 0 Å². The summed E-state index contributed by atoms with van der Waals surface area (Å²) in [5.74, 6) is -0.969. The lowest BCUT2D eigenvalue weighted by Crippen LogP contribution is -2.36. The lowest BCUT2D eigenvalue weighted by atomic mass is 10.4. The van der Waals surface area contributed by atoms with Gasteiger partial charge in [-0.05, 0) is 13.0 Å². The fourth-order valence-electron chi connectivity index (χ4n) is 0.771. The number of hydrogen-bond donors (Lipinski definition) is 1. The molecular weight excluding hydrogens is 160 g/mol. The molecule has 0 radical (unpaired) electrons. The van der Waals surface area contributed by atoms with E-state index in [0.29, 0.717) is 0 Å². The van der Waals surface area contributed by atoms with E-state index in [4.69, 9.17) is 14.6 Å². The van der Waals surface area contributed by atoms with Crippen molar-refractivity contribution >= 4 is 5.97 Å². The molecule has 0 unspecified atom stereocenters. The molecule has 0 aromatic carbocycles. The molecule has 0 bridgehead atoms. The zero-order chi connectivity index (χ0) is 8.97. The molecule has 1 aliphatic heterocycles. The Balaban J connectivity index is 2.18. The molecule has 0 aromatic rings. The molecule has 0 saturated carbocycles. The molecule has 1 aliphatic rings. The van der Waals surface area contributed by atoms with Crippen molar-refractivity contribution in [2.45, 2.75) is 19.5 Å². The molecule has 1 saturated heterocycles. The number of carboxylic acid groups (broad SMARTS) is 1. The third kappa shape index (κ3) is 2.86. The van der Waals surface area contributed by atoms with Crippen LogP contribution >= 0.6 is 0 Å². The molecule has 0 amide bonds. The zero-order valence-electron chi connectivity index (χ0n) is 6.64. The van der Waals surface area contributed by atoms with E-state index >= 15 is 0 Å². The van der Waals surface area contributed by atoms with Crippen LogP contribution in [0.3, 0.4) is 0 Å². The van der Waals surface area contributed by atoms with Crippen LogP contribution in [0, 0.1) is 0 Å². The average molecular weight is 170 g/mol. The fourth-order valence-corrected chi connectivity index (χ4v) is 0.771. The molecule has 1 fully saturated rings. The third-order valence-electron chi connectivity index (χ3n) is 1.27. The minimum Gasteiger partial charge on any atom is -0.478 e. The monoisotopic (exact) mass is 170 g/mol. The summed E-state index contributed by atoms with van der Waals surface area (Å²) in [6.45, 7) is 1.79. The molecule has 66 valence electrons. The Labute approximate surface area is 70.1 Å². The van der Waals surface area contributed by atoms with Gasteiger partial charge in [0.1, 0.15) is 0 Å². The van der Waals surface area contributed by atoms with Gasteiger partial charge in [-0.1, -0.05) is 12.2 Å². The first kappa shape index (κ1) is 8.96. The van der Waals surface area contributed by atoms with E-state index in [9.17, 15) is 4.79 Å². The summed E-state index contributed by atoms with van der Waals surface area (Å²) in [6.07, 6.45) is 5.20. The minimum atomic E-state index is -0.969. The molecule has 0 aliphatic carbocycles. The summed E-state index contributed by atoms with van der Waals surface area (Å²) in [4.78, 5) is 10.00. The van der Waals surface area contributed by atoms with Crippen LogP contribution in [0.25, 0.3) is 0 Å². The maximum absolute atomic E-state index is 10.00. The Morgan fingerprint density at radius 3 is 2.58 bits per heavy atom. The van der Waals surface area contributed by atoms with E-state index in [1.165, 1.54) is 6.08 Å². The van der Waals surface area contributed by atoms with E-state index in [1.807, 2.05) is 0 Å². The van der Waals surface area contributed by atoms with Gasteiger partial charge in [0.25, 0.3) is 0 Å². The van der Waals surface area contributed by atoms with E-state index < -0.39 is 5.97 Å². The van der Waals surface area contributed by atoms with Crippen LogP contribution in [-0.2, 0) is 14.3 Å². The summed E-state index contributed by atoms with van der Waals surface area (Å²) in [7, 11) is 0. The van der Waals surface area contributed by atoms with Crippen molar-refractivity contribution in [3.8, 4) is 0 Å². The van der Waals surface area contributed by atoms with Gasteiger partial charge in [-0.15, -0.1) is 0 Å². The van der Waals surface area contributed by atoms with Gasteiger partial charge >= 0.3 is 5.97 Å². The van der Waals surface area contributed by atoms with Crippen molar-refractivity contribution in [2.24, 2.45) is 0 Å². The fraction of sp³-hybridized carbons (Fsp3) is 0.375. The zero-order valence-corrected chi connectivity index (χ0v) is 6.64. The lowest BCUT2D eigenvalue weighted by molar-refractivity contribution is -0.354. The van der Waals surface area contributed by atoms with Gasteiger partial charge < -0.3 is 14.6 Å². The number of hydrogen-bond acceptors (Lipinski definition) is 3. The predicted molar refractivity (Wildman–Crippen MR) is 41.3 cm³/mol. The molecule has 1 rings (SSSR count). The Kier molecular flexibility index (Phi) is 3.01. The van der Waals surface area contributed by atoms with Crippen LogP contribution in [-0.4, -0.2) is 23.7 Å². The van der Waals surface area contributed by atoms with Crippen LogP contribution in [0.4, 0.5) is 0 Å². The quantitative estimate of drug-likeness (QED) is 0.505. The first-order valence-electron chi connectivity index (χ1n) is 3.57. The largest absolute Gasteiger partial charge is 0.478 e. The summed E-state index contributed by atoms with van der Waals surface area (Å²) in [6, 6.07) is 0. The molecule has 4 nitrogen and oxygen atoms in total. The Bertz CT molecular complexity index is 213. The third-order valence-corrected chi connectivity index (χ3v) is 1.27. The predicted octanol–water partition coefficient (Wildman–Crippen LogP) is 0.902. The molecule has 4 heteroatoms. The maximum atomic E-state index is 10.00. The van der Waals surface area contributed by atoms with Gasteiger partial charge in [0.15, 0.2) is 12.6 Å². The SMILES string of the molecule is CC1OC(/C=C\C=C/C(=O)O)O1. The standard InChI is InChI=1S/C8H10O4/c1-6-11-8(12-6)5-3-2-4-7(9)10/h2-6,8H,1H3,(H,9,10)/b4-2-,5-3-. The van der Waals surface area contributed by atoms with Gasteiger partial charge in [-0.3, -0.25) is 0 Å². The summed E-state index contributed by atoms with van der Waals surface area (Å²) in [5.41, 5.74) is 0. The van der Waals surface area contributed by atoms with E-state index in [-0.39, 0.29) is 12.6 Å². The number of carboxylic acids is 1. The number of carbonyl (C=O) groups is 1. The average Bonchev–Trinajstić information content (AvgIpc) is 1.93. The van der Waals surface area contributed by atoms with Crippen LogP contribution in [0.15, 0.2) is 24.3 Å². The number of rotatable bonds is 3. The smallest absolute Gasteiger partial charge is 0.328 e. The second kappa shape index (κ2) is 4.04. The van der Waals surface area contributed by atoms with Crippen molar-refractivity contribution < 1.29 is 19.4 Å². The van der Waals surface area contributed by atoms with Crippen molar-refractivity contribution in [1.29, 1.82) is 0 Å². The minimum absolute atomic E-state index is 0.150. The van der Waals surface area contributed by atoms with Crippen LogP contribution in [0.2, 0.25) is 0 Å². The molecule has 12 heavy (non-hydrogen) atoms. The second-order valence-electron chi connectivity index (χ2n) is 2.29. The Morgan fingerprint density at radius 2 is 2.08 bits per heavy atom. The molecule has 1 N–H and O–H groups in total. The van der Waals surface area contributed by atoms with Crippen LogP contribution in [0.5, 0.6) is 0 Å². The highest BCUT2D eigenvalue weighted by atomic mass is 16.9.